The summed E-state index contributed by atoms with van der Waals surface area (Å²) in [6.45, 7) is 3.99. The summed E-state index contributed by atoms with van der Waals surface area (Å²) in [5.41, 5.74) is 0.478. The Morgan fingerprint density at radius 2 is 2.19 bits per heavy atom. The Morgan fingerprint density at radius 1 is 1.50 bits per heavy atom. The monoisotopic (exact) mass is 306 g/mol. The van der Waals surface area contributed by atoms with Crippen molar-refractivity contribution in [1.82, 2.24) is 4.98 Å². The normalized spacial score (nSPS) is 11.8. The van der Waals surface area contributed by atoms with Gasteiger partial charge in [-0.2, -0.15) is 0 Å². The highest BCUT2D eigenvalue weighted by molar-refractivity contribution is 9.10. The number of hydrogen-bond acceptors (Lipinski definition) is 3. The number of anilines is 1. The summed E-state index contributed by atoms with van der Waals surface area (Å²) < 4.78 is 26.4. The maximum absolute atomic E-state index is 11.7. The van der Waals surface area contributed by atoms with Gasteiger partial charge in [-0.05, 0) is 40.4 Å². The first-order valence-corrected chi connectivity index (χ1v) is 7.46. The van der Waals surface area contributed by atoms with E-state index in [1.54, 1.807) is 18.3 Å². The van der Waals surface area contributed by atoms with Gasteiger partial charge in [-0.25, -0.2) is 13.4 Å². The summed E-state index contributed by atoms with van der Waals surface area (Å²) in [6.07, 6.45) is 2.24. The smallest absolute Gasteiger partial charge is 0.232 e. The standard InChI is InChI=1S/C10H15BrN2O2S/c1-8(2)5-7-16(14,15)13-9-4-3-6-12-10(9)11/h3-4,6,8,13H,5,7H2,1-2H3. The Morgan fingerprint density at radius 3 is 2.75 bits per heavy atom. The molecule has 1 aromatic rings. The summed E-state index contributed by atoms with van der Waals surface area (Å²) >= 11 is 3.19. The van der Waals surface area contributed by atoms with Crippen molar-refractivity contribution in [2.24, 2.45) is 5.92 Å². The maximum atomic E-state index is 11.7. The number of nitrogens with zero attached hydrogens (tertiary/aromatic N) is 1. The third-order valence-electron chi connectivity index (χ3n) is 1.99. The minimum absolute atomic E-state index is 0.131. The predicted molar refractivity (Wildman–Crippen MR) is 68.8 cm³/mol. The van der Waals surface area contributed by atoms with Crippen molar-refractivity contribution in [3.8, 4) is 0 Å². The van der Waals surface area contributed by atoms with Crippen LogP contribution in [0.5, 0.6) is 0 Å². The highest BCUT2D eigenvalue weighted by Gasteiger charge is 2.13. The number of halogens is 1. The molecule has 90 valence electrons. The Labute approximate surface area is 105 Å². The molecule has 1 aromatic heterocycles. The van der Waals surface area contributed by atoms with Gasteiger partial charge in [0.2, 0.25) is 10.0 Å². The first-order chi connectivity index (χ1) is 7.41. The van der Waals surface area contributed by atoms with Crippen molar-refractivity contribution in [2.75, 3.05) is 10.5 Å². The number of hydrogen-bond donors (Lipinski definition) is 1. The average molecular weight is 307 g/mol. The summed E-state index contributed by atoms with van der Waals surface area (Å²) in [5.74, 6) is 0.500. The second kappa shape index (κ2) is 5.63. The zero-order chi connectivity index (χ0) is 12.2. The lowest BCUT2D eigenvalue weighted by Crippen LogP contribution is -2.18. The topological polar surface area (TPSA) is 59.1 Å². The van der Waals surface area contributed by atoms with Gasteiger partial charge in [0, 0.05) is 6.20 Å². The summed E-state index contributed by atoms with van der Waals surface area (Å²) in [7, 11) is -3.27. The predicted octanol–water partition coefficient (Wildman–Crippen LogP) is 2.63. The molecule has 1 heterocycles. The van der Waals surface area contributed by atoms with Crippen LogP contribution in [-0.4, -0.2) is 19.2 Å². The van der Waals surface area contributed by atoms with Crippen LogP contribution in [0.3, 0.4) is 0 Å². The Balaban J connectivity index is 2.70. The fourth-order valence-electron chi connectivity index (χ4n) is 1.07. The molecule has 0 aliphatic carbocycles. The van der Waals surface area contributed by atoms with Gasteiger partial charge < -0.3 is 0 Å². The third kappa shape index (κ3) is 4.49. The first kappa shape index (κ1) is 13.4. The molecule has 0 saturated carbocycles. The van der Waals surface area contributed by atoms with Crippen LogP contribution < -0.4 is 4.72 Å². The van der Waals surface area contributed by atoms with Crippen molar-refractivity contribution in [3.63, 3.8) is 0 Å². The van der Waals surface area contributed by atoms with Gasteiger partial charge in [0.1, 0.15) is 4.60 Å². The fourth-order valence-corrected chi connectivity index (χ4v) is 2.94. The molecule has 1 N–H and O–H groups in total. The van der Waals surface area contributed by atoms with Crippen LogP contribution >= 0.6 is 15.9 Å². The molecule has 0 saturated heterocycles. The molecule has 0 radical (unpaired) electrons. The molecule has 1 rings (SSSR count). The summed E-state index contributed by atoms with van der Waals surface area (Å²) in [6, 6.07) is 3.36. The SMILES string of the molecule is CC(C)CCS(=O)(=O)Nc1cccnc1Br. The number of sulfonamides is 1. The van der Waals surface area contributed by atoms with E-state index < -0.39 is 10.0 Å². The molecule has 0 bridgehead atoms. The van der Waals surface area contributed by atoms with E-state index in [0.717, 1.165) is 0 Å². The van der Waals surface area contributed by atoms with Crippen molar-refractivity contribution in [1.29, 1.82) is 0 Å². The molecule has 0 aromatic carbocycles. The molecule has 0 atom stereocenters. The van der Waals surface area contributed by atoms with Gasteiger partial charge in [0.15, 0.2) is 0 Å². The van der Waals surface area contributed by atoms with Gasteiger partial charge >= 0.3 is 0 Å². The van der Waals surface area contributed by atoms with Crippen LogP contribution in [0.4, 0.5) is 5.69 Å². The van der Waals surface area contributed by atoms with Crippen molar-refractivity contribution in [3.05, 3.63) is 22.9 Å². The van der Waals surface area contributed by atoms with Crippen LogP contribution in [-0.2, 0) is 10.0 Å². The van der Waals surface area contributed by atoms with Gasteiger partial charge in [0.25, 0.3) is 0 Å². The lowest BCUT2D eigenvalue weighted by Gasteiger charge is -2.09. The molecule has 6 heteroatoms. The number of aromatic nitrogens is 1. The van der Waals surface area contributed by atoms with Crippen LogP contribution in [0.1, 0.15) is 20.3 Å². The van der Waals surface area contributed by atoms with Crippen molar-refractivity contribution >= 4 is 31.6 Å². The van der Waals surface area contributed by atoms with Gasteiger partial charge in [-0.1, -0.05) is 13.8 Å². The summed E-state index contributed by atoms with van der Waals surface area (Å²) in [4.78, 5) is 3.95. The van der Waals surface area contributed by atoms with Gasteiger partial charge in [-0.15, -0.1) is 0 Å². The molecule has 0 spiro atoms. The van der Waals surface area contributed by atoms with E-state index >= 15 is 0 Å². The zero-order valence-corrected chi connectivity index (χ0v) is 11.7. The number of pyridine rings is 1. The summed E-state index contributed by atoms with van der Waals surface area (Å²) in [5, 5.41) is 0. The molecule has 0 unspecified atom stereocenters. The van der Waals surface area contributed by atoms with Crippen LogP contribution in [0.2, 0.25) is 0 Å². The molecule has 16 heavy (non-hydrogen) atoms. The highest BCUT2D eigenvalue weighted by atomic mass is 79.9. The Bertz CT molecular complexity index is 446. The third-order valence-corrected chi connectivity index (χ3v) is 3.92. The van der Waals surface area contributed by atoms with E-state index in [4.69, 9.17) is 0 Å². The minimum Gasteiger partial charge on any atom is -0.281 e. The Kier molecular flexibility index (Phi) is 4.73. The lowest BCUT2D eigenvalue weighted by atomic mass is 10.2. The van der Waals surface area contributed by atoms with Gasteiger partial charge in [-0.3, -0.25) is 4.72 Å². The van der Waals surface area contributed by atoms with E-state index in [2.05, 4.69) is 25.6 Å². The van der Waals surface area contributed by atoms with E-state index in [0.29, 0.717) is 22.6 Å². The van der Waals surface area contributed by atoms with E-state index in [1.807, 2.05) is 13.8 Å². The maximum Gasteiger partial charge on any atom is 0.232 e. The molecular formula is C10H15BrN2O2S. The molecule has 0 aliphatic heterocycles. The van der Waals surface area contributed by atoms with E-state index in [1.165, 1.54) is 0 Å². The van der Waals surface area contributed by atoms with E-state index in [9.17, 15) is 8.42 Å². The quantitative estimate of drug-likeness (QED) is 0.851. The second-order valence-corrected chi connectivity index (χ2v) is 6.54. The van der Waals surface area contributed by atoms with Crippen LogP contribution in [0, 0.1) is 5.92 Å². The highest BCUT2D eigenvalue weighted by Crippen LogP contribution is 2.20. The lowest BCUT2D eigenvalue weighted by molar-refractivity contribution is 0.578. The molecule has 0 fully saturated rings. The molecule has 0 amide bonds. The minimum atomic E-state index is -3.27. The average Bonchev–Trinajstić information content (AvgIpc) is 2.19. The first-order valence-electron chi connectivity index (χ1n) is 5.02. The van der Waals surface area contributed by atoms with Gasteiger partial charge in [0.05, 0.1) is 11.4 Å². The second-order valence-electron chi connectivity index (χ2n) is 3.95. The Hall–Kier alpha value is -0.620. The van der Waals surface area contributed by atoms with E-state index in [-0.39, 0.29) is 5.75 Å². The van der Waals surface area contributed by atoms with Crippen molar-refractivity contribution < 1.29 is 8.42 Å². The zero-order valence-electron chi connectivity index (χ0n) is 9.27. The molecule has 0 aliphatic rings. The van der Waals surface area contributed by atoms with Crippen LogP contribution in [0.15, 0.2) is 22.9 Å². The number of nitrogens with one attached hydrogen (secondary N) is 1. The number of rotatable bonds is 5. The largest absolute Gasteiger partial charge is 0.281 e. The molecule has 4 nitrogen and oxygen atoms in total. The fraction of sp³-hybridized carbons (Fsp3) is 0.500. The molecular weight excluding hydrogens is 292 g/mol. The van der Waals surface area contributed by atoms with Crippen molar-refractivity contribution in [2.45, 2.75) is 20.3 Å². The van der Waals surface area contributed by atoms with Crippen LogP contribution in [0.25, 0.3) is 0 Å².